The Morgan fingerprint density at radius 2 is 1.76 bits per heavy atom. The first-order chi connectivity index (χ1) is 9.77. The molecule has 4 heteroatoms. The number of rotatable bonds is 1. The van der Waals surface area contributed by atoms with Crippen molar-refractivity contribution in [1.82, 2.24) is 9.88 Å². The normalized spacial score (nSPS) is 20.7. The highest BCUT2D eigenvalue weighted by Crippen LogP contribution is 2.30. The van der Waals surface area contributed by atoms with Gasteiger partial charge in [-0.1, -0.05) is 18.2 Å². The van der Waals surface area contributed by atoms with E-state index >= 15 is 0 Å². The fourth-order valence-electron chi connectivity index (χ4n) is 3.35. The summed E-state index contributed by atoms with van der Waals surface area (Å²) in [4.78, 5) is 18.0. The third kappa shape index (κ3) is 2.68. The van der Waals surface area contributed by atoms with Crippen LogP contribution in [0.5, 0.6) is 0 Å². The van der Waals surface area contributed by atoms with E-state index in [9.17, 15) is 4.79 Å². The van der Waals surface area contributed by atoms with Gasteiger partial charge >= 0.3 is 0 Å². The van der Waals surface area contributed by atoms with Crippen molar-refractivity contribution in [2.45, 2.75) is 38.9 Å². The van der Waals surface area contributed by atoms with Crippen molar-refractivity contribution in [3.05, 3.63) is 36.0 Å². The zero-order chi connectivity index (χ0) is 15.3. The van der Waals surface area contributed by atoms with Crippen molar-refractivity contribution in [2.24, 2.45) is 0 Å². The van der Waals surface area contributed by atoms with Crippen molar-refractivity contribution in [3.63, 3.8) is 0 Å². The van der Waals surface area contributed by atoms with Crippen molar-refractivity contribution < 1.29 is 9.53 Å². The largest absolute Gasteiger partial charge is 0.366 e. The van der Waals surface area contributed by atoms with Crippen LogP contribution in [0.25, 0.3) is 10.9 Å². The van der Waals surface area contributed by atoms with Gasteiger partial charge in [0.2, 0.25) is 0 Å². The molecule has 2 aromatic rings. The van der Waals surface area contributed by atoms with Crippen molar-refractivity contribution in [1.29, 1.82) is 0 Å². The van der Waals surface area contributed by atoms with Crippen LogP contribution in [-0.2, 0) is 4.74 Å². The zero-order valence-corrected chi connectivity index (χ0v) is 13.1. The predicted octanol–water partition coefficient (Wildman–Crippen LogP) is 3.20. The van der Waals surface area contributed by atoms with E-state index in [2.05, 4.69) is 4.98 Å². The second-order valence-electron chi connectivity index (χ2n) is 7.03. The molecular weight excluding hydrogens is 264 g/mol. The smallest absolute Gasteiger partial charge is 0.256 e. The fourth-order valence-corrected chi connectivity index (χ4v) is 3.35. The molecule has 1 aliphatic heterocycles. The van der Waals surface area contributed by atoms with Crippen LogP contribution in [0.15, 0.2) is 30.5 Å². The summed E-state index contributed by atoms with van der Waals surface area (Å²) in [5, 5.41) is 0.976. The number of nitrogens with zero attached hydrogens (tertiary/aromatic N) is 1. The van der Waals surface area contributed by atoms with Crippen LogP contribution in [-0.4, -0.2) is 40.1 Å². The summed E-state index contributed by atoms with van der Waals surface area (Å²) < 4.78 is 6.04. The molecule has 1 fully saturated rings. The number of benzene rings is 1. The Balaban J connectivity index is 1.94. The van der Waals surface area contributed by atoms with Gasteiger partial charge in [-0.05, 0) is 33.8 Å². The van der Waals surface area contributed by atoms with Crippen molar-refractivity contribution in [2.75, 3.05) is 13.1 Å². The average molecular weight is 286 g/mol. The second kappa shape index (κ2) is 4.60. The van der Waals surface area contributed by atoms with E-state index in [1.807, 2.05) is 63.1 Å². The first kappa shape index (κ1) is 14.1. The molecule has 0 bridgehead atoms. The summed E-state index contributed by atoms with van der Waals surface area (Å²) >= 11 is 0. The molecule has 0 atom stereocenters. The molecule has 1 saturated heterocycles. The van der Waals surface area contributed by atoms with Gasteiger partial charge < -0.3 is 14.6 Å². The van der Waals surface area contributed by atoms with Crippen LogP contribution in [0.1, 0.15) is 38.1 Å². The van der Waals surface area contributed by atoms with Crippen molar-refractivity contribution in [3.8, 4) is 0 Å². The molecule has 1 N–H and O–H groups in total. The number of fused-ring (bicyclic) bond motifs is 1. The molecule has 0 aliphatic carbocycles. The van der Waals surface area contributed by atoms with Crippen LogP contribution in [0.4, 0.5) is 0 Å². The van der Waals surface area contributed by atoms with Gasteiger partial charge in [0.25, 0.3) is 5.91 Å². The molecule has 0 saturated carbocycles. The maximum Gasteiger partial charge on any atom is 0.256 e. The summed E-state index contributed by atoms with van der Waals surface area (Å²) in [5.74, 6) is 0.0666. The van der Waals surface area contributed by atoms with E-state index in [0.29, 0.717) is 13.1 Å². The van der Waals surface area contributed by atoms with Crippen molar-refractivity contribution >= 4 is 16.8 Å². The van der Waals surface area contributed by atoms with Gasteiger partial charge in [-0.25, -0.2) is 0 Å². The molecule has 3 rings (SSSR count). The molecular formula is C17H22N2O2. The summed E-state index contributed by atoms with van der Waals surface area (Å²) in [6, 6.07) is 7.89. The van der Waals surface area contributed by atoms with Gasteiger partial charge in [-0.3, -0.25) is 4.79 Å². The van der Waals surface area contributed by atoms with E-state index in [4.69, 9.17) is 4.74 Å². The predicted molar refractivity (Wildman–Crippen MR) is 83.4 cm³/mol. The number of carbonyl (C=O) groups is 1. The van der Waals surface area contributed by atoms with E-state index in [0.717, 1.165) is 16.5 Å². The molecule has 1 aliphatic rings. The number of hydrogen-bond donors (Lipinski definition) is 1. The molecule has 1 aromatic carbocycles. The highest BCUT2D eigenvalue weighted by molar-refractivity contribution is 6.06. The Hall–Kier alpha value is -1.81. The summed E-state index contributed by atoms with van der Waals surface area (Å²) in [5.41, 5.74) is 1.07. The molecule has 4 nitrogen and oxygen atoms in total. The number of carbonyl (C=O) groups excluding carboxylic acids is 1. The van der Waals surface area contributed by atoms with Gasteiger partial charge in [0.15, 0.2) is 0 Å². The molecule has 1 amide bonds. The van der Waals surface area contributed by atoms with Gasteiger partial charge in [-0.15, -0.1) is 0 Å². The Morgan fingerprint density at radius 3 is 2.43 bits per heavy atom. The van der Waals surface area contributed by atoms with Crippen LogP contribution in [0, 0.1) is 0 Å². The maximum atomic E-state index is 12.9. The lowest BCUT2D eigenvalue weighted by atomic mass is 9.98. The Bertz CT molecular complexity index is 669. The number of aromatic amines is 1. The lowest BCUT2D eigenvalue weighted by Gasteiger charge is -2.47. The van der Waals surface area contributed by atoms with E-state index < -0.39 is 0 Å². The van der Waals surface area contributed by atoms with Crippen LogP contribution >= 0.6 is 0 Å². The standard InChI is InChI=1S/C17H22N2O2/c1-16(2)10-19(11-17(3,4)21-16)15(20)13-9-18-14-8-6-5-7-12(13)14/h5-9,18H,10-11H2,1-4H3. The lowest BCUT2D eigenvalue weighted by molar-refractivity contribution is -0.171. The number of aromatic nitrogens is 1. The summed E-state index contributed by atoms with van der Waals surface area (Å²) in [7, 11) is 0. The number of nitrogens with one attached hydrogen (secondary N) is 1. The quantitative estimate of drug-likeness (QED) is 0.875. The van der Waals surface area contributed by atoms with Gasteiger partial charge in [0.1, 0.15) is 0 Å². The molecule has 0 unspecified atom stereocenters. The van der Waals surface area contributed by atoms with Gasteiger partial charge in [-0.2, -0.15) is 0 Å². The van der Waals surface area contributed by atoms with Crippen LogP contribution < -0.4 is 0 Å². The Morgan fingerprint density at radius 1 is 1.14 bits per heavy atom. The van der Waals surface area contributed by atoms with Gasteiger partial charge in [0.05, 0.1) is 16.8 Å². The molecule has 2 heterocycles. The molecule has 112 valence electrons. The zero-order valence-electron chi connectivity index (χ0n) is 13.1. The number of hydrogen-bond acceptors (Lipinski definition) is 2. The molecule has 0 spiro atoms. The minimum absolute atomic E-state index is 0.0666. The highest BCUT2D eigenvalue weighted by atomic mass is 16.5. The van der Waals surface area contributed by atoms with Gasteiger partial charge in [0, 0.05) is 30.2 Å². The number of morpholine rings is 1. The van der Waals surface area contributed by atoms with E-state index in [1.54, 1.807) is 0 Å². The minimum atomic E-state index is -0.330. The monoisotopic (exact) mass is 286 g/mol. The topological polar surface area (TPSA) is 45.3 Å². The van der Waals surface area contributed by atoms with E-state index in [1.165, 1.54) is 0 Å². The first-order valence-electron chi connectivity index (χ1n) is 7.33. The second-order valence-corrected chi connectivity index (χ2v) is 7.03. The summed E-state index contributed by atoms with van der Waals surface area (Å²) in [6.45, 7) is 9.34. The lowest BCUT2D eigenvalue weighted by Crippen LogP contribution is -2.58. The van der Waals surface area contributed by atoms with E-state index in [-0.39, 0.29) is 17.1 Å². The Labute approximate surface area is 125 Å². The number of amides is 1. The average Bonchev–Trinajstić information content (AvgIpc) is 2.78. The van der Waals surface area contributed by atoms with Crippen LogP contribution in [0.3, 0.4) is 0 Å². The third-order valence-corrected chi connectivity index (χ3v) is 3.80. The van der Waals surface area contributed by atoms with Crippen LogP contribution in [0.2, 0.25) is 0 Å². The molecule has 1 aromatic heterocycles. The Kier molecular flexibility index (Phi) is 3.10. The number of H-pyrrole nitrogens is 1. The number of ether oxygens (including phenoxy) is 1. The molecule has 0 radical (unpaired) electrons. The third-order valence-electron chi connectivity index (χ3n) is 3.80. The summed E-state index contributed by atoms with van der Waals surface area (Å²) in [6.07, 6.45) is 1.81. The molecule has 21 heavy (non-hydrogen) atoms. The highest BCUT2D eigenvalue weighted by Gasteiger charge is 2.40. The SMILES string of the molecule is CC1(C)CN(C(=O)c2c[nH]c3ccccc23)CC(C)(C)O1. The number of para-hydroxylation sites is 1. The fraction of sp³-hybridized carbons (Fsp3) is 0.471. The maximum absolute atomic E-state index is 12.9. The minimum Gasteiger partial charge on any atom is -0.366 e. The first-order valence-corrected chi connectivity index (χ1v) is 7.33.